The van der Waals surface area contributed by atoms with Crippen LogP contribution in [0.3, 0.4) is 0 Å². The number of benzene rings is 1. The number of anilines is 1. The normalized spacial score (nSPS) is 20.5. The lowest BCUT2D eigenvalue weighted by atomic mass is 10.2. The van der Waals surface area contributed by atoms with Crippen LogP contribution in [0.15, 0.2) is 23.1 Å². The van der Waals surface area contributed by atoms with Gasteiger partial charge in [-0.1, -0.05) is 22.0 Å². The number of alkyl halides is 1. The van der Waals surface area contributed by atoms with Crippen LogP contribution in [0, 0.1) is 0 Å². The third-order valence-electron chi connectivity index (χ3n) is 2.54. The van der Waals surface area contributed by atoms with Gasteiger partial charge >= 0.3 is 0 Å². The lowest BCUT2D eigenvalue weighted by Gasteiger charge is -2.16. The first kappa shape index (κ1) is 10.9. The minimum Gasteiger partial charge on any atom is -0.361 e. The van der Waals surface area contributed by atoms with Gasteiger partial charge in [0, 0.05) is 19.2 Å². The number of halogens is 1. The van der Waals surface area contributed by atoms with Crippen LogP contribution in [0.25, 0.3) is 0 Å². The van der Waals surface area contributed by atoms with Gasteiger partial charge in [-0.3, -0.25) is 4.55 Å². The van der Waals surface area contributed by atoms with Crippen molar-refractivity contribution in [1.29, 1.82) is 0 Å². The van der Waals surface area contributed by atoms with Crippen molar-refractivity contribution in [2.75, 3.05) is 11.9 Å². The van der Waals surface area contributed by atoms with E-state index in [4.69, 9.17) is 4.55 Å². The highest BCUT2D eigenvalue weighted by Gasteiger charge is 2.25. The van der Waals surface area contributed by atoms with Crippen LogP contribution in [0.1, 0.15) is 5.56 Å². The number of fused-ring (bicyclic) bond motifs is 1. The van der Waals surface area contributed by atoms with Crippen molar-refractivity contribution in [3.8, 4) is 0 Å². The SMILES string of the molecule is CN1c2cc(S(=O)(=O)O)ccc2CC1Br. The van der Waals surface area contributed by atoms with E-state index in [2.05, 4.69) is 15.9 Å². The molecule has 0 radical (unpaired) electrons. The Morgan fingerprint density at radius 2 is 2.20 bits per heavy atom. The predicted molar refractivity (Wildman–Crippen MR) is 61.1 cm³/mol. The molecule has 6 heteroatoms. The molecule has 0 spiro atoms. The van der Waals surface area contributed by atoms with E-state index >= 15 is 0 Å². The highest BCUT2D eigenvalue weighted by Crippen LogP contribution is 2.34. The Bertz CT molecular complexity index is 500. The molecule has 2 rings (SSSR count). The zero-order valence-corrected chi connectivity index (χ0v) is 10.4. The summed E-state index contributed by atoms with van der Waals surface area (Å²) in [4.78, 5) is 2.06. The van der Waals surface area contributed by atoms with Gasteiger partial charge in [0.15, 0.2) is 0 Å². The van der Waals surface area contributed by atoms with Gasteiger partial charge in [0.25, 0.3) is 10.1 Å². The van der Waals surface area contributed by atoms with Crippen LogP contribution >= 0.6 is 15.9 Å². The van der Waals surface area contributed by atoms with Crippen LogP contribution < -0.4 is 4.90 Å². The molecule has 1 aromatic carbocycles. The van der Waals surface area contributed by atoms with Gasteiger partial charge in [-0.25, -0.2) is 0 Å². The second-order valence-corrected chi connectivity index (χ2v) is 5.99. The molecule has 1 aliphatic rings. The monoisotopic (exact) mass is 291 g/mol. The second-order valence-electron chi connectivity index (χ2n) is 3.52. The van der Waals surface area contributed by atoms with E-state index in [0.29, 0.717) is 0 Å². The van der Waals surface area contributed by atoms with E-state index in [1.807, 2.05) is 11.9 Å². The van der Waals surface area contributed by atoms with E-state index in [1.54, 1.807) is 6.07 Å². The highest BCUT2D eigenvalue weighted by atomic mass is 79.9. The first-order chi connectivity index (χ1) is 6.89. The van der Waals surface area contributed by atoms with Crippen LogP contribution in [-0.4, -0.2) is 25.0 Å². The highest BCUT2D eigenvalue weighted by molar-refractivity contribution is 9.09. The van der Waals surface area contributed by atoms with Crippen LogP contribution in [0.4, 0.5) is 5.69 Å². The van der Waals surface area contributed by atoms with Crippen LogP contribution in [0.2, 0.25) is 0 Å². The average Bonchev–Trinajstić information content (AvgIpc) is 2.41. The van der Waals surface area contributed by atoms with Crippen molar-refractivity contribution in [1.82, 2.24) is 0 Å². The number of rotatable bonds is 1. The molecule has 0 aliphatic carbocycles. The van der Waals surface area contributed by atoms with Crippen molar-refractivity contribution in [3.63, 3.8) is 0 Å². The Kier molecular flexibility index (Phi) is 2.52. The van der Waals surface area contributed by atoms with E-state index in [0.717, 1.165) is 17.7 Å². The van der Waals surface area contributed by atoms with Crippen molar-refractivity contribution < 1.29 is 13.0 Å². The summed E-state index contributed by atoms with van der Waals surface area (Å²) in [6.45, 7) is 0. The Balaban J connectivity index is 2.54. The molecule has 0 saturated heterocycles. The van der Waals surface area contributed by atoms with Gasteiger partial charge in [0.2, 0.25) is 0 Å². The van der Waals surface area contributed by atoms with Crippen molar-refractivity contribution in [2.24, 2.45) is 0 Å². The van der Waals surface area contributed by atoms with Gasteiger partial charge in [0.1, 0.15) is 0 Å². The standard InChI is InChI=1S/C9H10BrNO3S/c1-11-8-5-7(15(12,13)14)3-2-6(8)4-9(11)10/h2-3,5,9H,4H2,1H3,(H,12,13,14). The predicted octanol–water partition coefficient (Wildman–Crippen LogP) is 1.65. The molecular formula is C9H10BrNO3S. The molecule has 15 heavy (non-hydrogen) atoms. The number of hydrogen-bond acceptors (Lipinski definition) is 3. The average molecular weight is 292 g/mol. The molecule has 0 fully saturated rings. The molecule has 1 atom stereocenters. The van der Waals surface area contributed by atoms with Gasteiger partial charge in [-0.2, -0.15) is 8.42 Å². The van der Waals surface area contributed by atoms with Gasteiger partial charge in [0.05, 0.1) is 9.85 Å². The second kappa shape index (κ2) is 3.47. The Morgan fingerprint density at radius 3 is 2.80 bits per heavy atom. The zero-order chi connectivity index (χ0) is 11.2. The maximum absolute atomic E-state index is 10.9. The lowest BCUT2D eigenvalue weighted by Crippen LogP contribution is -2.21. The quantitative estimate of drug-likeness (QED) is 0.486. The molecule has 0 aromatic heterocycles. The first-order valence-electron chi connectivity index (χ1n) is 4.37. The largest absolute Gasteiger partial charge is 0.361 e. The van der Waals surface area contributed by atoms with Crippen molar-refractivity contribution in [2.45, 2.75) is 16.3 Å². The molecule has 1 heterocycles. The molecule has 82 valence electrons. The zero-order valence-electron chi connectivity index (χ0n) is 8.01. The lowest BCUT2D eigenvalue weighted by molar-refractivity contribution is 0.483. The Hall–Kier alpha value is -0.590. The summed E-state index contributed by atoms with van der Waals surface area (Å²) in [7, 11) is -2.23. The number of likely N-dealkylation sites (N-methyl/N-ethyl adjacent to an activating group) is 1. The molecule has 1 N–H and O–H groups in total. The molecule has 0 saturated carbocycles. The minimum atomic E-state index is -4.11. The third kappa shape index (κ3) is 1.89. The third-order valence-corrected chi connectivity index (χ3v) is 4.33. The van der Waals surface area contributed by atoms with E-state index in [9.17, 15) is 8.42 Å². The summed E-state index contributed by atoms with van der Waals surface area (Å²) in [5.41, 5.74) is 1.92. The fourth-order valence-corrected chi connectivity index (χ4v) is 2.74. The maximum atomic E-state index is 10.9. The van der Waals surface area contributed by atoms with Crippen molar-refractivity contribution >= 4 is 31.7 Å². The fraction of sp³-hybridized carbons (Fsp3) is 0.333. The summed E-state index contributed by atoms with van der Waals surface area (Å²) < 4.78 is 30.8. The summed E-state index contributed by atoms with van der Waals surface area (Å²) >= 11 is 3.47. The number of nitrogens with zero attached hydrogens (tertiary/aromatic N) is 1. The topological polar surface area (TPSA) is 57.6 Å². The molecule has 1 unspecified atom stereocenters. The van der Waals surface area contributed by atoms with Gasteiger partial charge in [-0.05, 0) is 17.7 Å². The molecule has 1 aromatic rings. The molecule has 0 bridgehead atoms. The molecule has 1 aliphatic heterocycles. The van der Waals surface area contributed by atoms with E-state index < -0.39 is 10.1 Å². The molecular weight excluding hydrogens is 282 g/mol. The van der Waals surface area contributed by atoms with E-state index in [-0.39, 0.29) is 9.85 Å². The summed E-state index contributed by atoms with van der Waals surface area (Å²) in [6, 6.07) is 4.65. The first-order valence-corrected chi connectivity index (χ1v) is 6.72. The van der Waals surface area contributed by atoms with Gasteiger partial charge in [-0.15, -0.1) is 0 Å². The van der Waals surface area contributed by atoms with Crippen molar-refractivity contribution in [3.05, 3.63) is 23.8 Å². The van der Waals surface area contributed by atoms with E-state index in [1.165, 1.54) is 12.1 Å². The maximum Gasteiger partial charge on any atom is 0.294 e. The number of hydrogen-bond donors (Lipinski definition) is 1. The van der Waals surface area contributed by atoms with Gasteiger partial charge < -0.3 is 4.90 Å². The Labute approximate surface area is 96.8 Å². The molecule has 4 nitrogen and oxygen atoms in total. The smallest absolute Gasteiger partial charge is 0.294 e. The summed E-state index contributed by atoms with van der Waals surface area (Å²) in [5, 5.41) is 0. The Morgan fingerprint density at radius 1 is 1.53 bits per heavy atom. The minimum absolute atomic E-state index is 0.0605. The van der Waals surface area contributed by atoms with Crippen LogP contribution in [-0.2, 0) is 16.5 Å². The summed E-state index contributed by atoms with van der Waals surface area (Å²) in [5.74, 6) is 0. The summed E-state index contributed by atoms with van der Waals surface area (Å²) in [6.07, 6.45) is 0.831. The fourth-order valence-electron chi connectivity index (χ4n) is 1.67. The molecule has 0 amide bonds. The van der Waals surface area contributed by atoms with Crippen LogP contribution in [0.5, 0.6) is 0 Å².